The van der Waals surface area contributed by atoms with Crippen LogP contribution in [-0.4, -0.2) is 33.1 Å². The molecule has 3 aromatic carbocycles. The lowest BCUT2D eigenvalue weighted by Gasteiger charge is -2.50. The molecule has 0 bridgehead atoms. The third kappa shape index (κ3) is 4.04. The topological polar surface area (TPSA) is 10.1 Å². The fourth-order valence-electron chi connectivity index (χ4n) is 13.9. The van der Waals surface area contributed by atoms with E-state index in [-0.39, 0.29) is 22.0 Å². The predicted molar refractivity (Wildman–Crippen MR) is 230 cm³/mol. The van der Waals surface area contributed by atoms with Gasteiger partial charge in [-0.25, -0.2) is 9.48 Å². The molecule has 2 aromatic heterocycles. The second-order valence-corrected chi connectivity index (χ2v) is 21.1. The zero-order chi connectivity index (χ0) is 37.8. The first-order chi connectivity index (χ1) is 26.5. The molecule has 3 atom stereocenters. The van der Waals surface area contributed by atoms with Crippen LogP contribution in [0.4, 0.5) is 0 Å². The highest BCUT2D eigenvalue weighted by Gasteiger charge is 3.06. The van der Waals surface area contributed by atoms with Gasteiger partial charge in [0.25, 0.3) is 11.4 Å². The first kappa shape index (κ1) is 34.7. The summed E-state index contributed by atoms with van der Waals surface area (Å²) in [6, 6.07) is 28.2. The van der Waals surface area contributed by atoms with Crippen molar-refractivity contribution in [3.05, 3.63) is 89.0 Å². The Morgan fingerprint density at radius 3 is 2.20 bits per heavy atom. The summed E-state index contributed by atoms with van der Waals surface area (Å²) in [5, 5.41) is 2.84. The molecule has 2 aliphatic heterocycles. The molecule has 4 heterocycles. The maximum absolute atomic E-state index is 3.13. The van der Waals surface area contributed by atoms with Gasteiger partial charge in [0.2, 0.25) is 11.2 Å². The van der Waals surface area contributed by atoms with Gasteiger partial charge in [0.05, 0.1) is 11.5 Å². The van der Waals surface area contributed by atoms with Gasteiger partial charge in [-0.3, -0.25) is 0 Å². The quantitative estimate of drug-likeness (QED) is 0.163. The van der Waals surface area contributed by atoms with Crippen molar-refractivity contribution < 1.29 is 9.14 Å². The van der Waals surface area contributed by atoms with E-state index in [1.165, 1.54) is 124 Å². The third-order valence-electron chi connectivity index (χ3n) is 16.1. The van der Waals surface area contributed by atoms with Crippen molar-refractivity contribution in [1.82, 2.24) is 4.90 Å². The van der Waals surface area contributed by atoms with E-state index >= 15 is 0 Å². The van der Waals surface area contributed by atoms with Gasteiger partial charge in [-0.2, -0.15) is 4.57 Å². The lowest BCUT2D eigenvalue weighted by Crippen LogP contribution is -2.76. The van der Waals surface area contributed by atoms with E-state index in [9.17, 15) is 0 Å². The number of fused-ring (bicyclic) bond motifs is 16. The van der Waals surface area contributed by atoms with Gasteiger partial charge in [0.15, 0.2) is 5.41 Å². The lowest BCUT2D eigenvalue weighted by atomic mass is 9.76. The van der Waals surface area contributed by atoms with E-state index in [0.29, 0.717) is 23.9 Å². The molecule has 0 saturated heterocycles. The number of hydrogen-bond acceptors (Lipinski definition) is 2. The van der Waals surface area contributed by atoms with E-state index < -0.39 is 0 Å². The molecule has 3 fully saturated rings. The van der Waals surface area contributed by atoms with Crippen LogP contribution in [0.15, 0.2) is 66.7 Å². The zero-order valence-electron chi connectivity index (χ0n) is 34.7. The van der Waals surface area contributed by atoms with Crippen LogP contribution in [0.1, 0.15) is 142 Å². The second-order valence-electron chi connectivity index (χ2n) is 20.1. The van der Waals surface area contributed by atoms with Crippen molar-refractivity contribution in [3.63, 3.8) is 0 Å². The van der Waals surface area contributed by atoms with Crippen LogP contribution in [0, 0.1) is 11.8 Å². The molecule has 4 heteroatoms. The largest absolute Gasteiger partial charge is 0.327 e. The minimum absolute atomic E-state index is 0.0626. The molecule has 6 aliphatic rings. The Hall–Kier alpha value is -3.50. The highest BCUT2D eigenvalue weighted by Crippen LogP contribution is 2.78. The summed E-state index contributed by atoms with van der Waals surface area (Å²) in [6.07, 6.45) is 14.6. The summed E-state index contributed by atoms with van der Waals surface area (Å²) < 4.78 is 7.50. The molecule has 1 spiro atoms. The predicted octanol–water partition coefficient (Wildman–Crippen LogP) is 12.3. The van der Waals surface area contributed by atoms with Crippen molar-refractivity contribution in [2.75, 3.05) is 0 Å². The van der Waals surface area contributed by atoms with Gasteiger partial charge in [-0.15, -0.1) is 11.3 Å². The number of rotatable bonds is 5. The Morgan fingerprint density at radius 1 is 0.764 bits per heavy atom. The van der Waals surface area contributed by atoms with E-state index in [1.54, 1.807) is 11.4 Å². The van der Waals surface area contributed by atoms with Crippen molar-refractivity contribution in [2.24, 2.45) is 11.8 Å². The maximum Gasteiger partial charge on any atom is 0.327 e. The van der Waals surface area contributed by atoms with Crippen molar-refractivity contribution in [1.29, 1.82) is 0 Å². The van der Waals surface area contributed by atoms with E-state index in [2.05, 4.69) is 136 Å². The molecule has 5 aromatic rings. The van der Waals surface area contributed by atoms with Crippen LogP contribution in [0.2, 0.25) is 0 Å². The number of aromatic nitrogens is 1. The van der Waals surface area contributed by atoms with Gasteiger partial charge >= 0.3 is 5.66 Å². The molecule has 3 saturated carbocycles. The normalized spacial score (nSPS) is 28.1. The number of nitrogens with zero attached hydrogens (tertiary/aromatic N) is 3. The molecule has 11 rings (SSSR count). The van der Waals surface area contributed by atoms with Crippen LogP contribution < -0.4 is 4.57 Å². The van der Waals surface area contributed by atoms with E-state index in [0.717, 1.165) is 6.42 Å². The van der Waals surface area contributed by atoms with Crippen LogP contribution in [0.5, 0.6) is 0 Å². The molecule has 0 N–H and O–H groups in total. The fourth-order valence-corrected chi connectivity index (χ4v) is 15.3. The minimum atomic E-state index is -0.153. The number of benzene rings is 3. The average Bonchev–Trinajstić information content (AvgIpc) is 3.36. The Labute approximate surface area is 333 Å². The average molecular weight is 748 g/mol. The highest BCUT2D eigenvalue weighted by atomic mass is 32.1. The number of hydrogen-bond donors (Lipinski definition) is 0. The van der Waals surface area contributed by atoms with Gasteiger partial charge in [0.1, 0.15) is 12.1 Å². The maximum atomic E-state index is 3.13. The first-order valence-electron chi connectivity index (χ1n) is 22.1. The molecule has 3 nitrogen and oxygen atoms in total. The second kappa shape index (κ2) is 11.6. The fraction of sp³-hybridized carbons (Fsp3) is 0.529. The summed E-state index contributed by atoms with van der Waals surface area (Å²) in [5.74, 6) is 2.80. The van der Waals surface area contributed by atoms with E-state index in [1.807, 2.05) is 11.3 Å². The van der Waals surface area contributed by atoms with Crippen LogP contribution in [-0.2, 0) is 22.8 Å². The van der Waals surface area contributed by atoms with Crippen LogP contribution in [0.25, 0.3) is 42.7 Å². The third-order valence-corrected chi connectivity index (χ3v) is 17.3. The van der Waals surface area contributed by atoms with Gasteiger partial charge in [-0.1, -0.05) is 90.8 Å². The Kier molecular flexibility index (Phi) is 7.29. The summed E-state index contributed by atoms with van der Waals surface area (Å²) in [5.41, 5.74) is 11.5. The Bertz CT molecular complexity index is 2470. The monoisotopic (exact) mass is 747 g/mol. The standard InChI is InChI=1S/C51H61N3S/c1-31(2)29-33-23-27-40-34(30-33)24-28-41-43-39(26-25-38-44(43)46-45(48(38,5)6)37-21-15-16-22-42(37)55-46)49(7)50(8,54(40)41)51(49)52(35-17-11-9-12-18-35)47(32(3)4)53(51)36-19-13-10-14-20-36/h15-16,21-28,30-32,35-36H,9-14,17-20,29H2,1-8H3/q+2. The summed E-state index contributed by atoms with van der Waals surface area (Å²) in [4.78, 5) is 4.64. The number of amidine groups is 1. The van der Waals surface area contributed by atoms with Crippen LogP contribution in [0.3, 0.4) is 0 Å². The molecule has 284 valence electrons. The molecule has 4 aliphatic carbocycles. The molecular weight excluding hydrogens is 687 g/mol. The number of pyridine rings is 1. The van der Waals surface area contributed by atoms with Crippen molar-refractivity contribution in [3.8, 4) is 21.7 Å². The Balaban J connectivity index is 1.27. The molecule has 55 heavy (non-hydrogen) atoms. The van der Waals surface area contributed by atoms with Gasteiger partial charge in [0, 0.05) is 45.0 Å². The van der Waals surface area contributed by atoms with Crippen LogP contribution >= 0.6 is 11.3 Å². The zero-order valence-corrected chi connectivity index (χ0v) is 35.5. The SMILES string of the molecule is CC(C)Cc1ccc2c(ccc3[n+]2C2(C)C(C)(c4ccc5c(c4-3)-c3sc4ccccc4c3C5(C)C)C23N(C2CCCCC2)C(C(C)C)=[N+]3C2CCCCC2)c1. The molecular formula is C51H61N3S+2. The van der Waals surface area contributed by atoms with Gasteiger partial charge < -0.3 is 0 Å². The molecule has 3 unspecified atom stereocenters. The van der Waals surface area contributed by atoms with Crippen molar-refractivity contribution >= 4 is 38.2 Å². The van der Waals surface area contributed by atoms with Gasteiger partial charge in [-0.05, 0) is 116 Å². The number of thiophene rings is 1. The van der Waals surface area contributed by atoms with E-state index in [4.69, 9.17) is 0 Å². The smallest absolute Gasteiger partial charge is 0.213 e. The summed E-state index contributed by atoms with van der Waals surface area (Å²) in [6.45, 7) is 20.1. The summed E-state index contributed by atoms with van der Waals surface area (Å²) in [7, 11) is 0. The van der Waals surface area contributed by atoms with Crippen molar-refractivity contribution in [2.45, 2.75) is 160 Å². The first-order valence-corrected chi connectivity index (χ1v) is 22.9. The Morgan fingerprint density at radius 2 is 1.47 bits per heavy atom. The summed E-state index contributed by atoms with van der Waals surface area (Å²) >= 11 is 2.04. The minimum Gasteiger partial charge on any atom is -0.213 e. The molecule has 0 amide bonds. The molecule has 0 radical (unpaired) electrons. The lowest BCUT2D eigenvalue weighted by molar-refractivity contribution is -0.771. The highest BCUT2D eigenvalue weighted by molar-refractivity contribution is 7.22.